The van der Waals surface area contributed by atoms with Crippen LogP contribution in [0.2, 0.25) is 10.0 Å². The second kappa shape index (κ2) is 11.1. The molecular formula is C26H31Cl2N5O3. The van der Waals surface area contributed by atoms with Crippen molar-refractivity contribution in [1.29, 1.82) is 0 Å². The number of rotatable bonds is 6. The number of piperazine rings is 1. The number of urea groups is 1. The minimum Gasteiger partial charge on any atom is -0.333 e. The number of hydrogen-bond donors (Lipinski definition) is 1. The maximum atomic E-state index is 13.7. The Balaban J connectivity index is 1.64. The first-order chi connectivity index (χ1) is 17.2. The van der Waals surface area contributed by atoms with Crippen LogP contribution in [0.25, 0.3) is 0 Å². The van der Waals surface area contributed by atoms with Crippen molar-refractivity contribution in [3.05, 3.63) is 69.7 Å². The lowest BCUT2D eigenvalue weighted by Crippen LogP contribution is -2.76. The highest BCUT2D eigenvalue weighted by molar-refractivity contribution is 6.35. The zero-order valence-electron chi connectivity index (χ0n) is 20.7. The number of fused-ring (bicyclic) bond motifs is 1. The van der Waals surface area contributed by atoms with E-state index in [0.29, 0.717) is 23.0 Å². The molecule has 8 nitrogen and oxygen atoms in total. The van der Waals surface area contributed by atoms with Gasteiger partial charge in [0, 0.05) is 30.2 Å². The molecule has 0 aliphatic carbocycles. The summed E-state index contributed by atoms with van der Waals surface area (Å²) in [5, 5.41) is 7.13. The molecule has 1 N–H and O–H groups in total. The van der Waals surface area contributed by atoms with Gasteiger partial charge in [-0.25, -0.2) is 14.8 Å². The van der Waals surface area contributed by atoms with Crippen LogP contribution in [0.1, 0.15) is 31.4 Å². The molecule has 4 rings (SSSR count). The van der Waals surface area contributed by atoms with Gasteiger partial charge in [-0.1, -0.05) is 79.9 Å². The number of carbonyl (C=O) groups is 3. The van der Waals surface area contributed by atoms with E-state index in [0.717, 1.165) is 11.1 Å². The predicted octanol–water partition coefficient (Wildman–Crippen LogP) is 3.98. The van der Waals surface area contributed by atoms with Crippen LogP contribution in [0.5, 0.6) is 0 Å². The number of likely N-dealkylation sites (N-methyl/N-ethyl adjacent to an activating group) is 1. The number of hydrazine groups is 1. The molecule has 192 valence electrons. The van der Waals surface area contributed by atoms with Crippen molar-refractivity contribution in [2.45, 2.75) is 45.6 Å². The van der Waals surface area contributed by atoms with Gasteiger partial charge in [-0.05, 0) is 29.2 Å². The van der Waals surface area contributed by atoms with Gasteiger partial charge in [-0.2, -0.15) is 0 Å². The summed E-state index contributed by atoms with van der Waals surface area (Å²) in [6.07, 6.45) is 0.0631. The molecule has 1 unspecified atom stereocenters. The number of halogens is 2. The highest BCUT2D eigenvalue weighted by Crippen LogP contribution is 2.32. The molecule has 2 aromatic rings. The van der Waals surface area contributed by atoms with Gasteiger partial charge in [-0.3, -0.25) is 9.59 Å². The monoisotopic (exact) mass is 531 g/mol. The van der Waals surface area contributed by atoms with Crippen LogP contribution in [0, 0.1) is 5.92 Å². The molecule has 0 bridgehead atoms. The van der Waals surface area contributed by atoms with Gasteiger partial charge in [0.2, 0.25) is 11.8 Å². The fraction of sp³-hybridized carbons (Fsp3) is 0.423. The van der Waals surface area contributed by atoms with Gasteiger partial charge in [0.05, 0.1) is 13.1 Å². The van der Waals surface area contributed by atoms with E-state index < -0.39 is 12.2 Å². The SMILES string of the molecule is CCC(C)[C@H]1C(=O)N(Cc2ccc(Cl)cc2Cl)C[C@H]2N1C(=O)CN(C)N2C(=O)NCc1ccccc1. The summed E-state index contributed by atoms with van der Waals surface area (Å²) >= 11 is 12.5. The van der Waals surface area contributed by atoms with E-state index in [4.69, 9.17) is 23.2 Å². The molecule has 0 radical (unpaired) electrons. The van der Waals surface area contributed by atoms with Gasteiger partial charge in [0.25, 0.3) is 0 Å². The molecule has 2 saturated heterocycles. The Morgan fingerprint density at radius 2 is 1.86 bits per heavy atom. The third-order valence-corrected chi connectivity index (χ3v) is 7.51. The minimum atomic E-state index is -0.676. The van der Waals surface area contributed by atoms with E-state index in [1.807, 2.05) is 44.2 Å². The summed E-state index contributed by atoms with van der Waals surface area (Å²) in [6, 6.07) is 13.8. The first-order valence-corrected chi connectivity index (χ1v) is 12.8. The largest absolute Gasteiger partial charge is 0.334 e. The second-order valence-corrected chi connectivity index (χ2v) is 10.2. The van der Waals surface area contributed by atoms with Crippen LogP contribution in [0.3, 0.4) is 0 Å². The Labute approximate surface area is 221 Å². The molecule has 0 spiro atoms. The van der Waals surface area contributed by atoms with Crippen molar-refractivity contribution in [2.75, 3.05) is 20.1 Å². The van der Waals surface area contributed by atoms with Crippen molar-refractivity contribution in [3.8, 4) is 0 Å². The predicted molar refractivity (Wildman–Crippen MR) is 139 cm³/mol. The van der Waals surface area contributed by atoms with E-state index in [9.17, 15) is 14.4 Å². The fourth-order valence-corrected chi connectivity index (χ4v) is 5.32. The van der Waals surface area contributed by atoms with Crippen LogP contribution in [0.4, 0.5) is 4.79 Å². The number of benzene rings is 2. The molecule has 36 heavy (non-hydrogen) atoms. The lowest BCUT2D eigenvalue weighted by Gasteiger charge is -2.55. The number of hydrogen-bond acceptors (Lipinski definition) is 4. The van der Waals surface area contributed by atoms with E-state index >= 15 is 0 Å². The maximum Gasteiger partial charge on any atom is 0.334 e. The highest BCUT2D eigenvalue weighted by Gasteiger charge is 2.51. The first kappa shape index (κ1) is 26.3. The molecule has 0 aromatic heterocycles. The van der Waals surface area contributed by atoms with E-state index in [1.54, 1.807) is 45.1 Å². The lowest BCUT2D eigenvalue weighted by molar-refractivity contribution is -0.190. The van der Waals surface area contributed by atoms with E-state index in [-0.39, 0.29) is 43.4 Å². The summed E-state index contributed by atoms with van der Waals surface area (Å²) in [5.74, 6) is -0.406. The van der Waals surface area contributed by atoms with E-state index in [2.05, 4.69) is 5.32 Å². The van der Waals surface area contributed by atoms with Gasteiger partial charge in [0.15, 0.2) is 0 Å². The summed E-state index contributed by atoms with van der Waals surface area (Å²) in [7, 11) is 1.71. The summed E-state index contributed by atoms with van der Waals surface area (Å²) in [4.78, 5) is 43.7. The number of carbonyl (C=O) groups excluding carboxylic acids is 3. The van der Waals surface area contributed by atoms with Gasteiger partial charge in [0.1, 0.15) is 12.2 Å². The van der Waals surface area contributed by atoms with Crippen LogP contribution < -0.4 is 5.32 Å². The van der Waals surface area contributed by atoms with Crippen molar-refractivity contribution in [1.82, 2.24) is 25.1 Å². The van der Waals surface area contributed by atoms with Crippen LogP contribution in [-0.2, 0) is 22.7 Å². The third kappa shape index (κ3) is 5.31. The molecule has 3 atom stereocenters. The summed E-state index contributed by atoms with van der Waals surface area (Å²) < 4.78 is 0. The smallest absolute Gasteiger partial charge is 0.333 e. The maximum absolute atomic E-state index is 13.7. The Bertz CT molecular complexity index is 1130. The van der Waals surface area contributed by atoms with Crippen molar-refractivity contribution < 1.29 is 14.4 Å². The number of amides is 4. The van der Waals surface area contributed by atoms with Gasteiger partial charge < -0.3 is 15.1 Å². The molecule has 10 heteroatoms. The zero-order valence-corrected chi connectivity index (χ0v) is 22.2. The number of nitrogens with one attached hydrogen (secondary N) is 1. The Kier molecular flexibility index (Phi) is 8.07. The van der Waals surface area contributed by atoms with Crippen LogP contribution in [0.15, 0.2) is 48.5 Å². The van der Waals surface area contributed by atoms with Crippen LogP contribution in [-0.4, -0.2) is 70.0 Å². The van der Waals surface area contributed by atoms with Gasteiger partial charge >= 0.3 is 6.03 Å². The standard InChI is InChI=1S/C26H31Cl2N5O3/c1-4-17(2)24-25(35)31(14-19-10-11-20(27)12-21(19)28)15-22-32(24)23(34)16-30(3)33(22)26(36)29-13-18-8-6-5-7-9-18/h5-12,17,22,24H,4,13-16H2,1-3H3,(H,29,36)/t17?,22-,24-/m0/s1. The van der Waals surface area contributed by atoms with E-state index in [1.165, 1.54) is 0 Å². The molecule has 0 saturated carbocycles. The highest BCUT2D eigenvalue weighted by atomic mass is 35.5. The molecule has 2 heterocycles. The lowest BCUT2D eigenvalue weighted by atomic mass is 9.92. The Morgan fingerprint density at radius 3 is 2.53 bits per heavy atom. The number of nitrogens with zero attached hydrogens (tertiary/aromatic N) is 4. The zero-order chi connectivity index (χ0) is 26.0. The first-order valence-electron chi connectivity index (χ1n) is 12.1. The normalized spacial score (nSPS) is 21.4. The molecule has 2 aliphatic rings. The molecular weight excluding hydrogens is 501 g/mol. The molecule has 2 aromatic carbocycles. The van der Waals surface area contributed by atoms with Crippen molar-refractivity contribution in [3.63, 3.8) is 0 Å². The average Bonchev–Trinajstić information content (AvgIpc) is 2.85. The molecule has 4 amide bonds. The minimum absolute atomic E-state index is 0.0124. The fourth-order valence-electron chi connectivity index (χ4n) is 4.85. The van der Waals surface area contributed by atoms with Gasteiger partial charge in [-0.15, -0.1) is 0 Å². The Hall–Kier alpha value is -2.81. The third-order valence-electron chi connectivity index (χ3n) is 6.93. The topological polar surface area (TPSA) is 76.2 Å². The quantitative estimate of drug-likeness (QED) is 0.611. The van der Waals surface area contributed by atoms with Crippen molar-refractivity contribution >= 4 is 41.0 Å². The second-order valence-electron chi connectivity index (χ2n) is 9.37. The van der Waals surface area contributed by atoms with Crippen molar-refractivity contribution in [2.24, 2.45) is 5.92 Å². The van der Waals surface area contributed by atoms with Crippen LogP contribution >= 0.6 is 23.2 Å². The molecule has 2 fully saturated rings. The Morgan fingerprint density at radius 1 is 1.14 bits per heavy atom. The summed E-state index contributed by atoms with van der Waals surface area (Å²) in [6.45, 7) is 4.74. The average molecular weight is 532 g/mol. The summed E-state index contributed by atoms with van der Waals surface area (Å²) in [5.41, 5.74) is 1.72. The molecule has 2 aliphatic heterocycles.